The van der Waals surface area contributed by atoms with Crippen molar-refractivity contribution >= 4 is 5.69 Å². The predicted molar refractivity (Wildman–Crippen MR) is 78.0 cm³/mol. The lowest BCUT2D eigenvalue weighted by Crippen LogP contribution is -2.38. The Kier molecular flexibility index (Phi) is 5.20. The summed E-state index contributed by atoms with van der Waals surface area (Å²) in [6, 6.07) is 10.0. The number of rotatable bonds is 5. The fraction of sp³-hybridized carbons (Fsp3) is 0.533. The lowest BCUT2D eigenvalue weighted by atomic mass is 9.96. The molecule has 1 fully saturated rings. The summed E-state index contributed by atoms with van der Waals surface area (Å²) >= 11 is 0. The SMILES string of the molecule is N#Cc1ccc(N2CCC(CNCCN)CC2)cc1. The monoisotopic (exact) mass is 258 g/mol. The van der Waals surface area contributed by atoms with E-state index in [1.54, 1.807) is 0 Å². The summed E-state index contributed by atoms with van der Waals surface area (Å²) in [6.07, 6.45) is 2.44. The third-order valence-corrected chi connectivity index (χ3v) is 3.73. The van der Waals surface area contributed by atoms with Gasteiger partial charge in [-0.2, -0.15) is 5.26 Å². The largest absolute Gasteiger partial charge is 0.372 e. The van der Waals surface area contributed by atoms with Crippen molar-refractivity contribution in [2.45, 2.75) is 12.8 Å². The number of nitriles is 1. The molecule has 1 heterocycles. The molecule has 19 heavy (non-hydrogen) atoms. The van der Waals surface area contributed by atoms with E-state index in [4.69, 9.17) is 11.0 Å². The molecular weight excluding hydrogens is 236 g/mol. The van der Waals surface area contributed by atoms with Crippen LogP contribution in [0.3, 0.4) is 0 Å². The summed E-state index contributed by atoms with van der Waals surface area (Å²) in [7, 11) is 0. The number of nitrogens with one attached hydrogen (secondary N) is 1. The number of hydrogen-bond donors (Lipinski definition) is 2. The summed E-state index contributed by atoms with van der Waals surface area (Å²) in [5, 5.41) is 12.2. The molecule has 0 bridgehead atoms. The van der Waals surface area contributed by atoms with Gasteiger partial charge in [0.2, 0.25) is 0 Å². The molecular formula is C15H22N4. The first-order valence-electron chi connectivity index (χ1n) is 6.99. The number of benzene rings is 1. The summed E-state index contributed by atoms with van der Waals surface area (Å²) < 4.78 is 0. The van der Waals surface area contributed by atoms with E-state index < -0.39 is 0 Å². The maximum Gasteiger partial charge on any atom is 0.0991 e. The molecule has 4 heteroatoms. The molecule has 2 rings (SSSR count). The lowest BCUT2D eigenvalue weighted by molar-refractivity contribution is 0.385. The molecule has 0 radical (unpaired) electrons. The Bertz CT molecular complexity index is 413. The lowest BCUT2D eigenvalue weighted by Gasteiger charge is -2.33. The molecule has 1 saturated heterocycles. The first-order valence-corrected chi connectivity index (χ1v) is 6.99. The van der Waals surface area contributed by atoms with Crippen molar-refractivity contribution < 1.29 is 0 Å². The average molecular weight is 258 g/mol. The van der Waals surface area contributed by atoms with Gasteiger partial charge in [0.15, 0.2) is 0 Å². The van der Waals surface area contributed by atoms with Gasteiger partial charge < -0.3 is 16.0 Å². The van der Waals surface area contributed by atoms with Gasteiger partial charge in [-0.05, 0) is 49.6 Å². The first kappa shape index (κ1) is 13.9. The quantitative estimate of drug-likeness (QED) is 0.782. The fourth-order valence-corrected chi connectivity index (χ4v) is 2.55. The topological polar surface area (TPSA) is 65.1 Å². The van der Waals surface area contributed by atoms with E-state index in [1.165, 1.54) is 18.5 Å². The number of piperidine rings is 1. The minimum Gasteiger partial charge on any atom is -0.372 e. The second kappa shape index (κ2) is 7.13. The van der Waals surface area contributed by atoms with E-state index in [-0.39, 0.29) is 0 Å². The van der Waals surface area contributed by atoms with Gasteiger partial charge in [0.25, 0.3) is 0 Å². The highest BCUT2D eigenvalue weighted by Gasteiger charge is 2.18. The van der Waals surface area contributed by atoms with Crippen LogP contribution in [-0.2, 0) is 0 Å². The summed E-state index contributed by atoms with van der Waals surface area (Å²) in [5.74, 6) is 0.765. The fourth-order valence-electron chi connectivity index (χ4n) is 2.55. The zero-order valence-electron chi connectivity index (χ0n) is 11.3. The molecule has 3 N–H and O–H groups in total. The van der Waals surface area contributed by atoms with Crippen molar-refractivity contribution in [2.24, 2.45) is 11.7 Å². The Balaban J connectivity index is 1.80. The normalized spacial score (nSPS) is 16.3. The van der Waals surface area contributed by atoms with Crippen LogP contribution in [0.5, 0.6) is 0 Å². The van der Waals surface area contributed by atoms with Gasteiger partial charge in [-0.1, -0.05) is 0 Å². The molecule has 102 valence electrons. The molecule has 0 spiro atoms. The zero-order valence-corrected chi connectivity index (χ0v) is 11.3. The Morgan fingerprint density at radius 1 is 1.26 bits per heavy atom. The number of hydrogen-bond acceptors (Lipinski definition) is 4. The van der Waals surface area contributed by atoms with Gasteiger partial charge in [0.05, 0.1) is 11.6 Å². The molecule has 0 amide bonds. The minimum absolute atomic E-state index is 0.712. The highest BCUT2D eigenvalue weighted by molar-refractivity contribution is 5.49. The number of anilines is 1. The summed E-state index contributed by atoms with van der Waals surface area (Å²) in [5.41, 5.74) is 7.43. The summed E-state index contributed by atoms with van der Waals surface area (Å²) in [4.78, 5) is 2.40. The van der Waals surface area contributed by atoms with Crippen molar-refractivity contribution in [1.82, 2.24) is 5.32 Å². The van der Waals surface area contributed by atoms with Gasteiger partial charge in [0.1, 0.15) is 0 Å². The van der Waals surface area contributed by atoms with Crippen molar-refractivity contribution in [3.63, 3.8) is 0 Å². The van der Waals surface area contributed by atoms with E-state index in [2.05, 4.69) is 16.3 Å². The zero-order chi connectivity index (χ0) is 13.5. The van der Waals surface area contributed by atoms with Crippen LogP contribution in [-0.4, -0.2) is 32.7 Å². The highest BCUT2D eigenvalue weighted by Crippen LogP contribution is 2.23. The van der Waals surface area contributed by atoms with Crippen LogP contribution in [0, 0.1) is 17.2 Å². The molecule has 0 aliphatic carbocycles. The Morgan fingerprint density at radius 3 is 2.53 bits per heavy atom. The van der Waals surface area contributed by atoms with Gasteiger partial charge >= 0.3 is 0 Å². The maximum absolute atomic E-state index is 8.80. The highest BCUT2D eigenvalue weighted by atomic mass is 15.1. The third-order valence-electron chi connectivity index (χ3n) is 3.73. The molecule has 4 nitrogen and oxygen atoms in total. The van der Waals surface area contributed by atoms with Crippen LogP contribution in [0.1, 0.15) is 18.4 Å². The van der Waals surface area contributed by atoms with Crippen molar-refractivity contribution in [3.8, 4) is 6.07 Å². The van der Waals surface area contributed by atoms with Crippen molar-refractivity contribution in [3.05, 3.63) is 29.8 Å². The summed E-state index contributed by atoms with van der Waals surface area (Å²) in [6.45, 7) is 4.90. The average Bonchev–Trinajstić information content (AvgIpc) is 2.48. The predicted octanol–water partition coefficient (Wildman–Crippen LogP) is 1.32. The smallest absolute Gasteiger partial charge is 0.0991 e. The molecule has 0 atom stereocenters. The van der Waals surface area contributed by atoms with E-state index in [9.17, 15) is 0 Å². The number of nitrogens with two attached hydrogens (primary N) is 1. The Morgan fingerprint density at radius 2 is 1.95 bits per heavy atom. The van der Waals surface area contributed by atoms with Crippen LogP contribution in [0.4, 0.5) is 5.69 Å². The van der Waals surface area contributed by atoms with E-state index >= 15 is 0 Å². The minimum atomic E-state index is 0.712. The van der Waals surface area contributed by atoms with E-state index in [1.807, 2.05) is 24.3 Å². The third kappa shape index (κ3) is 3.95. The van der Waals surface area contributed by atoms with Crippen LogP contribution in [0.15, 0.2) is 24.3 Å². The second-order valence-electron chi connectivity index (χ2n) is 5.08. The van der Waals surface area contributed by atoms with Crippen molar-refractivity contribution in [2.75, 3.05) is 37.6 Å². The van der Waals surface area contributed by atoms with E-state index in [0.717, 1.165) is 37.7 Å². The van der Waals surface area contributed by atoms with Gasteiger partial charge in [0, 0.05) is 31.9 Å². The van der Waals surface area contributed by atoms with Crippen LogP contribution in [0.25, 0.3) is 0 Å². The second-order valence-corrected chi connectivity index (χ2v) is 5.08. The molecule has 0 saturated carbocycles. The molecule has 0 aromatic heterocycles. The Hall–Kier alpha value is -1.57. The van der Waals surface area contributed by atoms with Crippen LogP contribution < -0.4 is 16.0 Å². The first-order chi connectivity index (χ1) is 9.33. The van der Waals surface area contributed by atoms with Crippen LogP contribution >= 0.6 is 0 Å². The maximum atomic E-state index is 8.80. The van der Waals surface area contributed by atoms with Gasteiger partial charge in [-0.25, -0.2) is 0 Å². The molecule has 1 aromatic carbocycles. The number of nitrogens with zero attached hydrogens (tertiary/aromatic N) is 2. The molecule has 0 unspecified atom stereocenters. The molecule has 1 aliphatic rings. The molecule has 1 aliphatic heterocycles. The standard InChI is InChI=1S/C15H22N4/c16-7-8-18-12-14-5-9-19(10-6-14)15-3-1-13(11-17)2-4-15/h1-4,14,18H,5-10,12,16H2. The Labute approximate surface area is 115 Å². The van der Waals surface area contributed by atoms with Gasteiger partial charge in [-0.15, -0.1) is 0 Å². The van der Waals surface area contributed by atoms with Gasteiger partial charge in [-0.3, -0.25) is 0 Å². The van der Waals surface area contributed by atoms with E-state index in [0.29, 0.717) is 6.54 Å². The van der Waals surface area contributed by atoms with Crippen molar-refractivity contribution in [1.29, 1.82) is 5.26 Å². The van der Waals surface area contributed by atoms with Crippen LogP contribution in [0.2, 0.25) is 0 Å². The molecule has 1 aromatic rings.